The predicted octanol–water partition coefficient (Wildman–Crippen LogP) is 3.06. The van der Waals surface area contributed by atoms with Crippen LogP contribution in [0.25, 0.3) is 0 Å². The number of ketones is 1. The summed E-state index contributed by atoms with van der Waals surface area (Å²) in [5.41, 5.74) is 8.07. The van der Waals surface area contributed by atoms with Gasteiger partial charge in [-0.3, -0.25) is 4.79 Å². The molecular formula is C13H13NOS. The SMILES string of the molecule is Cc1c(N)cccc1C(=O)Cc1cccs1. The van der Waals surface area contributed by atoms with Gasteiger partial charge >= 0.3 is 0 Å². The summed E-state index contributed by atoms with van der Waals surface area (Å²) in [5.74, 6) is 0.132. The van der Waals surface area contributed by atoms with Gasteiger partial charge in [0.05, 0.1) is 0 Å². The highest BCUT2D eigenvalue weighted by Crippen LogP contribution is 2.19. The largest absolute Gasteiger partial charge is 0.398 e. The van der Waals surface area contributed by atoms with Crippen LogP contribution in [0, 0.1) is 6.92 Å². The van der Waals surface area contributed by atoms with E-state index < -0.39 is 0 Å². The first kappa shape index (κ1) is 10.9. The minimum absolute atomic E-state index is 0.132. The summed E-state index contributed by atoms with van der Waals surface area (Å²) in [7, 11) is 0. The third-order valence-corrected chi connectivity index (χ3v) is 3.47. The van der Waals surface area contributed by atoms with Crippen LogP contribution in [0.3, 0.4) is 0 Å². The zero-order valence-corrected chi connectivity index (χ0v) is 9.88. The molecule has 1 aromatic heterocycles. The van der Waals surface area contributed by atoms with Crippen molar-refractivity contribution >= 4 is 22.8 Å². The van der Waals surface area contributed by atoms with Gasteiger partial charge in [0.15, 0.2) is 5.78 Å². The molecule has 0 radical (unpaired) electrons. The second-order valence-corrected chi connectivity index (χ2v) is 4.73. The molecule has 3 heteroatoms. The molecule has 0 unspecified atom stereocenters. The molecule has 16 heavy (non-hydrogen) atoms. The summed E-state index contributed by atoms with van der Waals surface area (Å²) < 4.78 is 0. The number of rotatable bonds is 3. The Hall–Kier alpha value is -1.61. The van der Waals surface area contributed by atoms with E-state index in [0.29, 0.717) is 12.1 Å². The minimum atomic E-state index is 0.132. The van der Waals surface area contributed by atoms with Gasteiger partial charge in [-0.15, -0.1) is 11.3 Å². The van der Waals surface area contributed by atoms with Crippen LogP contribution in [-0.4, -0.2) is 5.78 Å². The van der Waals surface area contributed by atoms with Gasteiger partial charge in [0.2, 0.25) is 0 Å². The number of anilines is 1. The smallest absolute Gasteiger partial charge is 0.168 e. The highest BCUT2D eigenvalue weighted by atomic mass is 32.1. The summed E-state index contributed by atoms with van der Waals surface area (Å²) in [6.07, 6.45) is 0.460. The molecule has 0 fully saturated rings. The molecule has 0 aliphatic rings. The molecule has 1 heterocycles. The van der Waals surface area contributed by atoms with Crippen molar-refractivity contribution in [3.8, 4) is 0 Å². The van der Waals surface area contributed by atoms with Crippen molar-refractivity contribution in [1.82, 2.24) is 0 Å². The number of hydrogen-bond acceptors (Lipinski definition) is 3. The molecule has 0 bridgehead atoms. The molecule has 0 saturated carbocycles. The van der Waals surface area contributed by atoms with Gasteiger partial charge < -0.3 is 5.73 Å². The zero-order valence-electron chi connectivity index (χ0n) is 9.07. The Bertz CT molecular complexity index is 503. The van der Waals surface area contributed by atoms with Gasteiger partial charge in [0, 0.05) is 22.5 Å². The third kappa shape index (κ3) is 2.14. The Morgan fingerprint density at radius 1 is 1.31 bits per heavy atom. The molecular weight excluding hydrogens is 218 g/mol. The molecule has 0 spiro atoms. The molecule has 2 aromatic rings. The van der Waals surface area contributed by atoms with E-state index in [4.69, 9.17) is 5.73 Å². The van der Waals surface area contributed by atoms with Gasteiger partial charge in [-0.1, -0.05) is 18.2 Å². The fraction of sp³-hybridized carbons (Fsp3) is 0.154. The monoisotopic (exact) mass is 231 g/mol. The Balaban J connectivity index is 2.24. The molecule has 1 aromatic carbocycles. The van der Waals surface area contributed by atoms with Crippen molar-refractivity contribution < 1.29 is 4.79 Å². The molecule has 2 N–H and O–H groups in total. The molecule has 0 aliphatic heterocycles. The summed E-state index contributed by atoms with van der Waals surface area (Å²) >= 11 is 1.60. The lowest BCUT2D eigenvalue weighted by Gasteiger charge is -2.06. The molecule has 0 amide bonds. The van der Waals surface area contributed by atoms with Crippen LogP contribution in [0.1, 0.15) is 20.8 Å². The van der Waals surface area contributed by atoms with Crippen LogP contribution in [-0.2, 0) is 6.42 Å². The number of benzene rings is 1. The third-order valence-electron chi connectivity index (χ3n) is 2.59. The number of hydrogen-bond donors (Lipinski definition) is 1. The van der Waals surface area contributed by atoms with E-state index in [1.54, 1.807) is 11.3 Å². The Labute approximate surface area is 98.7 Å². The molecule has 2 rings (SSSR count). The van der Waals surface area contributed by atoms with E-state index in [-0.39, 0.29) is 5.78 Å². The lowest BCUT2D eigenvalue weighted by atomic mass is 10.0. The van der Waals surface area contributed by atoms with E-state index in [0.717, 1.165) is 16.0 Å². The average Bonchev–Trinajstić information content (AvgIpc) is 2.74. The second-order valence-electron chi connectivity index (χ2n) is 3.70. The molecule has 2 nitrogen and oxygen atoms in total. The van der Waals surface area contributed by atoms with E-state index in [1.807, 2.05) is 42.6 Å². The van der Waals surface area contributed by atoms with Crippen LogP contribution in [0.4, 0.5) is 5.69 Å². The van der Waals surface area contributed by atoms with E-state index in [9.17, 15) is 4.79 Å². The number of carbonyl (C=O) groups excluding carboxylic acids is 1. The van der Waals surface area contributed by atoms with Crippen LogP contribution in [0.15, 0.2) is 35.7 Å². The minimum Gasteiger partial charge on any atom is -0.398 e. The van der Waals surface area contributed by atoms with Gasteiger partial charge in [0.1, 0.15) is 0 Å². The molecule has 82 valence electrons. The number of nitrogen functional groups attached to an aromatic ring is 1. The van der Waals surface area contributed by atoms with Crippen molar-refractivity contribution in [3.63, 3.8) is 0 Å². The highest BCUT2D eigenvalue weighted by Gasteiger charge is 2.11. The summed E-state index contributed by atoms with van der Waals surface area (Å²) in [6.45, 7) is 1.89. The number of Topliss-reactive ketones (excluding diaryl/α,β-unsaturated/α-hetero) is 1. The van der Waals surface area contributed by atoms with Crippen molar-refractivity contribution in [2.75, 3.05) is 5.73 Å². The fourth-order valence-electron chi connectivity index (χ4n) is 1.62. The highest BCUT2D eigenvalue weighted by molar-refractivity contribution is 7.10. The lowest BCUT2D eigenvalue weighted by Crippen LogP contribution is -2.06. The first-order valence-electron chi connectivity index (χ1n) is 5.09. The van der Waals surface area contributed by atoms with Crippen LogP contribution >= 0.6 is 11.3 Å². The summed E-state index contributed by atoms with van der Waals surface area (Å²) in [6, 6.07) is 9.41. The number of nitrogens with two attached hydrogens (primary N) is 1. The normalized spacial score (nSPS) is 10.3. The maximum Gasteiger partial charge on any atom is 0.168 e. The van der Waals surface area contributed by atoms with Gasteiger partial charge in [-0.05, 0) is 30.0 Å². The Kier molecular flexibility index (Phi) is 3.06. The van der Waals surface area contributed by atoms with Crippen molar-refractivity contribution in [3.05, 3.63) is 51.7 Å². The van der Waals surface area contributed by atoms with E-state index in [2.05, 4.69) is 0 Å². The average molecular weight is 231 g/mol. The quantitative estimate of drug-likeness (QED) is 0.651. The maximum absolute atomic E-state index is 12.0. The van der Waals surface area contributed by atoms with Gasteiger partial charge in [-0.2, -0.15) is 0 Å². The standard InChI is InChI=1S/C13H13NOS/c1-9-11(5-2-6-12(9)14)13(15)8-10-4-3-7-16-10/h2-7H,8,14H2,1H3. The van der Waals surface area contributed by atoms with Gasteiger partial charge in [-0.25, -0.2) is 0 Å². The van der Waals surface area contributed by atoms with Crippen molar-refractivity contribution in [2.45, 2.75) is 13.3 Å². The molecule has 0 saturated heterocycles. The number of thiophene rings is 1. The predicted molar refractivity (Wildman–Crippen MR) is 67.9 cm³/mol. The molecule has 0 atom stereocenters. The summed E-state index contributed by atoms with van der Waals surface area (Å²) in [4.78, 5) is 13.1. The topological polar surface area (TPSA) is 43.1 Å². The first-order valence-corrected chi connectivity index (χ1v) is 5.97. The fourth-order valence-corrected chi connectivity index (χ4v) is 2.33. The van der Waals surface area contributed by atoms with Crippen LogP contribution in [0.2, 0.25) is 0 Å². The molecule has 0 aliphatic carbocycles. The maximum atomic E-state index is 12.0. The van der Waals surface area contributed by atoms with E-state index >= 15 is 0 Å². The van der Waals surface area contributed by atoms with Crippen molar-refractivity contribution in [2.24, 2.45) is 0 Å². The number of carbonyl (C=O) groups is 1. The Morgan fingerprint density at radius 3 is 2.81 bits per heavy atom. The first-order chi connectivity index (χ1) is 7.68. The summed E-state index contributed by atoms with van der Waals surface area (Å²) in [5, 5.41) is 1.98. The Morgan fingerprint density at radius 2 is 2.12 bits per heavy atom. The zero-order chi connectivity index (χ0) is 11.5. The van der Waals surface area contributed by atoms with Crippen molar-refractivity contribution in [1.29, 1.82) is 0 Å². The van der Waals surface area contributed by atoms with Gasteiger partial charge in [0.25, 0.3) is 0 Å². The second kappa shape index (κ2) is 4.49. The van der Waals surface area contributed by atoms with Crippen LogP contribution < -0.4 is 5.73 Å². The van der Waals surface area contributed by atoms with Crippen LogP contribution in [0.5, 0.6) is 0 Å². The van der Waals surface area contributed by atoms with E-state index in [1.165, 1.54) is 0 Å². The lowest BCUT2D eigenvalue weighted by molar-refractivity contribution is 0.0993.